The Morgan fingerprint density at radius 3 is 1.81 bits per heavy atom. The predicted octanol–water partition coefficient (Wildman–Crippen LogP) is -4.44. The van der Waals surface area contributed by atoms with Gasteiger partial charge in [-0.3, -0.25) is 28.7 Å². The molecule has 0 rings (SSSR count). The molecule has 0 aliphatic rings. The molecule has 0 aromatic rings. The maximum absolute atomic E-state index is 12.5. The fourth-order valence-electron chi connectivity index (χ4n) is 2.50. The number of nitrogens with one attached hydrogen (secondary N) is 4. The number of phosphoric acid groups is 1. The monoisotopic (exact) mass is 554 g/mol. The van der Waals surface area contributed by atoms with Crippen molar-refractivity contribution in [1.29, 1.82) is 0 Å². The molecule has 0 spiro atoms. The summed E-state index contributed by atoms with van der Waals surface area (Å²) in [4.78, 5) is 81.9. The number of guanidine groups is 1. The molecule has 0 fully saturated rings. The molecule has 0 bridgehead atoms. The van der Waals surface area contributed by atoms with E-state index < -0.39 is 74.2 Å². The first-order chi connectivity index (χ1) is 16.9. The van der Waals surface area contributed by atoms with Crippen molar-refractivity contribution in [3.8, 4) is 0 Å². The second-order valence-corrected chi connectivity index (χ2v) is 9.18. The highest BCUT2D eigenvalue weighted by Crippen LogP contribution is 2.35. The van der Waals surface area contributed by atoms with Gasteiger partial charge in [0.25, 0.3) is 0 Å². The lowest BCUT2D eigenvalue weighted by atomic mass is 10.1. The Morgan fingerprint density at radius 2 is 1.35 bits per heavy atom. The van der Waals surface area contributed by atoms with Gasteiger partial charge in [0.1, 0.15) is 24.2 Å². The van der Waals surface area contributed by atoms with Gasteiger partial charge < -0.3 is 53.4 Å². The Kier molecular flexibility index (Phi) is 14.3. The number of amides is 4. The first kappa shape index (κ1) is 33.7. The summed E-state index contributed by atoms with van der Waals surface area (Å²) in [6.45, 7) is 3.03. The van der Waals surface area contributed by atoms with E-state index in [0.717, 1.165) is 0 Å². The van der Waals surface area contributed by atoms with E-state index in [1.54, 1.807) is 0 Å². The van der Waals surface area contributed by atoms with E-state index in [-0.39, 0.29) is 25.3 Å². The minimum absolute atomic E-state index is 0.0101. The van der Waals surface area contributed by atoms with Gasteiger partial charge in [-0.2, -0.15) is 0 Å². The summed E-state index contributed by atoms with van der Waals surface area (Å²) in [6.07, 6.45) is 0.265. The molecule has 0 aliphatic carbocycles. The van der Waals surface area contributed by atoms with E-state index in [0.29, 0.717) is 0 Å². The zero-order chi connectivity index (χ0) is 28.9. The van der Waals surface area contributed by atoms with Crippen molar-refractivity contribution in [2.45, 2.75) is 63.8 Å². The maximum Gasteiger partial charge on any atom is 0.469 e. The summed E-state index contributed by atoms with van der Waals surface area (Å²) in [5.41, 5.74) is 15.8. The average Bonchev–Trinajstić information content (AvgIpc) is 2.76. The normalized spacial score (nSPS) is 15.2. The number of aliphatic carboxylic acids is 1. The van der Waals surface area contributed by atoms with E-state index in [2.05, 4.69) is 30.8 Å². The number of aliphatic imine (C=N–C) groups is 1. The van der Waals surface area contributed by atoms with Crippen LogP contribution in [0.4, 0.5) is 0 Å². The van der Waals surface area contributed by atoms with Crippen LogP contribution in [-0.4, -0.2) is 93.8 Å². The second kappa shape index (κ2) is 15.7. The molecule has 5 atom stereocenters. The number of nitrogens with two attached hydrogens (primary N) is 3. The molecule has 0 heterocycles. The highest BCUT2D eigenvalue weighted by molar-refractivity contribution is 7.46. The molecule has 4 amide bonds. The summed E-state index contributed by atoms with van der Waals surface area (Å²) in [6, 6.07) is -6.45. The van der Waals surface area contributed by atoms with Crippen molar-refractivity contribution in [2.75, 3.05) is 13.2 Å². The first-order valence-electron chi connectivity index (χ1n) is 10.9. The number of carbonyl (C=O) groups is 5. The molecule has 0 unspecified atom stereocenters. The lowest BCUT2D eigenvalue weighted by Crippen LogP contribution is -2.58. The summed E-state index contributed by atoms with van der Waals surface area (Å²) in [5.74, 6) is -5.01. The Bertz CT molecular complexity index is 905. The Morgan fingerprint density at radius 1 is 0.865 bits per heavy atom. The van der Waals surface area contributed by atoms with Crippen LogP contribution in [0.15, 0.2) is 4.99 Å². The molecule has 0 saturated heterocycles. The van der Waals surface area contributed by atoms with Crippen LogP contribution in [0.2, 0.25) is 0 Å². The van der Waals surface area contributed by atoms with E-state index >= 15 is 0 Å². The van der Waals surface area contributed by atoms with E-state index in [4.69, 9.17) is 27.0 Å². The fraction of sp³-hybridized carbons (Fsp3) is 0.667. The van der Waals surface area contributed by atoms with Gasteiger partial charge in [0.15, 0.2) is 5.96 Å². The van der Waals surface area contributed by atoms with Crippen molar-refractivity contribution in [2.24, 2.45) is 22.2 Å². The van der Waals surface area contributed by atoms with Crippen LogP contribution >= 0.6 is 7.82 Å². The molecular weight excluding hydrogens is 519 g/mol. The van der Waals surface area contributed by atoms with Gasteiger partial charge in [0.2, 0.25) is 23.6 Å². The maximum atomic E-state index is 12.5. The standard InChI is InChI=1S/C18H35N8O10P/c1-8(19)13(27)26-12(7-36-37(33,34)35)16(30)24-9(2)14(28)23-10(3)15(29)25-11(17(31)32)5-4-6-22-18(20)21/h8-12H,4-7,19H2,1-3H3,(H,23,28)(H,24,30)(H,25,29)(H,26,27)(H,31,32)(H4,20,21,22)(H2,33,34,35)/t8-,9-,10-,11-,12-/m0/s1. The van der Waals surface area contributed by atoms with Gasteiger partial charge in [0, 0.05) is 6.54 Å². The van der Waals surface area contributed by atoms with Gasteiger partial charge in [-0.1, -0.05) is 0 Å². The summed E-state index contributed by atoms with van der Waals surface area (Å²) in [5, 5.41) is 18.2. The Hall–Kier alpha value is -3.31. The van der Waals surface area contributed by atoms with Crippen LogP contribution in [0.1, 0.15) is 33.6 Å². The van der Waals surface area contributed by atoms with Gasteiger partial charge in [-0.05, 0) is 33.6 Å². The zero-order valence-corrected chi connectivity index (χ0v) is 21.4. The average molecular weight is 554 g/mol. The number of rotatable bonds is 16. The smallest absolute Gasteiger partial charge is 0.469 e. The predicted molar refractivity (Wildman–Crippen MR) is 128 cm³/mol. The molecule has 37 heavy (non-hydrogen) atoms. The third-order valence-corrected chi connectivity index (χ3v) is 5.01. The summed E-state index contributed by atoms with van der Waals surface area (Å²) >= 11 is 0. The lowest BCUT2D eigenvalue weighted by Gasteiger charge is -2.23. The molecule has 212 valence electrons. The summed E-state index contributed by atoms with van der Waals surface area (Å²) in [7, 11) is -4.99. The van der Waals surface area contributed by atoms with Crippen LogP contribution in [0, 0.1) is 0 Å². The van der Waals surface area contributed by atoms with Gasteiger partial charge in [-0.25, -0.2) is 9.36 Å². The third-order valence-electron chi connectivity index (χ3n) is 4.52. The molecule has 18 nitrogen and oxygen atoms in total. The van der Waals surface area contributed by atoms with Crippen molar-refractivity contribution in [3.05, 3.63) is 0 Å². The highest BCUT2D eigenvalue weighted by atomic mass is 31.2. The number of carboxylic acid groups (broad SMARTS) is 1. The number of hydrogen-bond donors (Lipinski definition) is 10. The lowest BCUT2D eigenvalue weighted by molar-refractivity contribution is -0.142. The van der Waals surface area contributed by atoms with Crippen molar-refractivity contribution in [1.82, 2.24) is 21.3 Å². The SMILES string of the molecule is C[C@H](N)C(=O)N[C@@H](COP(=O)(O)O)C(=O)N[C@@H](C)C(=O)N[C@@H](C)C(=O)N[C@@H](CCCN=C(N)N)C(=O)O. The minimum atomic E-state index is -4.99. The first-order valence-corrected chi connectivity index (χ1v) is 12.4. The fourth-order valence-corrected chi connectivity index (χ4v) is 2.84. The molecule has 0 aromatic carbocycles. The minimum Gasteiger partial charge on any atom is -0.480 e. The number of nitrogens with zero attached hydrogens (tertiary/aromatic N) is 1. The van der Waals surface area contributed by atoms with Crippen LogP contribution in [0.5, 0.6) is 0 Å². The molecule has 0 saturated carbocycles. The third kappa shape index (κ3) is 14.7. The molecule has 0 aromatic heterocycles. The highest BCUT2D eigenvalue weighted by Gasteiger charge is 2.30. The van der Waals surface area contributed by atoms with Crippen LogP contribution < -0.4 is 38.5 Å². The second-order valence-electron chi connectivity index (χ2n) is 7.94. The largest absolute Gasteiger partial charge is 0.480 e. The Labute approximate surface area is 212 Å². The quantitative estimate of drug-likeness (QED) is 0.0373. The Balaban J connectivity index is 5.05. The van der Waals surface area contributed by atoms with E-state index in [1.807, 2.05) is 0 Å². The zero-order valence-electron chi connectivity index (χ0n) is 20.5. The molecular formula is C18H35N8O10P. The van der Waals surface area contributed by atoms with Gasteiger partial charge >= 0.3 is 13.8 Å². The number of carbonyl (C=O) groups excluding carboxylic acids is 4. The van der Waals surface area contributed by atoms with Crippen LogP contribution in [-0.2, 0) is 33.1 Å². The molecule has 0 radical (unpaired) electrons. The number of carboxylic acids is 1. The van der Waals surface area contributed by atoms with Crippen molar-refractivity contribution >= 4 is 43.4 Å². The number of hydrogen-bond acceptors (Lipinski definition) is 9. The van der Waals surface area contributed by atoms with Crippen LogP contribution in [0.3, 0.4) is 0 Å². The van der Waals surface area contributed by atoms with Crippen molar-refractivity contribution < 1.29 is 48.0 Å². The van der Waals surface area contributed by atoms with Crippen molar-refractivity contribution in [3.63, 3.8) is 0 Å². The van der Waals surface area contributed by atoms with E-state index in [9.17, 15) is 33.6 Å². The van der Waals surface area contributed by atoms with E-state index in [1.165, 1.54) is 20.8 Å². The molecule has 19 heteroatoms. The van der Waals surface area contributed by atoms with Gasteiger partial charge in [0.05, 0.1) is 12.6 Å². The van der Waals surface area contributed by atoms with Gasteiger partial charge in [-0.15, -0.1) is 0 Å². The molecule has 13 N–H and O–H groups in total. The number of phosphoric ester groups is 1. The molecule has 0 aliphatic heterocycles. The summed E-state index contributed by atoms with van der Waals surface area (Å²) < 4.78 is 15.2. The van der Waals surface area contributed by atoms with Crippen LogP contribution in [0.25, 0.3) is 0 Å². The topological polar surface area (TPSA) is 311 Å².